The van der Waals surface area contributed by atoms with Crippen LogP contribution in [0, 0.1) is 0 Å². The largest absolute Gasteiger partial charge is 0.472 e. The smallest absolute Gasteiger partial charge is 0.457 e. The molecular weight excluding hydrogens is 824 g/mol. The van der Waals surface area contributed by atoms with E-state index in [1.54, 1.807) is 0 Å². The first-order chi connectivity index (χ1) is 31.3. The highest BCUT2D eigenvalue weighted by Crippen LogP contribution is 2.43. The number of ether oxygens (including phenoxy) is 2. The summed E-state index contributed by atoms with van der Waals surface area (Å²) in [5, 5.41) is 18.4. The summed E-state index contributed by atoms with van der Waals surface area (Å²) in [4.78, 5) is 22.7. The molecule has 0 aromatic rings. The molecule has 0 heterocycles. The van der Waals surface area contributed by atoms with E-state index in [0.717, 1.165) is 83.5 Å². The Morgan fingerprint density at radius 3 is 1.34 bits per heavy atom. The topological polar surface area (TPSA) is 132 Å². The predicted octanol–water partition coefficient (Wildman–Crippen LogP) is 15.3. The lowest BCUT2D eigenvalue weighted by Gasteiger charge is -2.20. The molecule has 0 spiro atoms. The van der Waals surface area contributed by atoms with Crippen LogP contribution in [0.1, 0.15) is 219 Å². The molecule has 0 aliphatic rings. The van der Waals surface area contributed by atoms with Crippen molar-refractivity contribution in [2.45, 2.75) is 232 Å². The van der Waals surface area contributed by atoms with Crippen molar-refractivity contribution >= 4 is 13.8 Å². The minimum atomic E-state index is -4.53. The summed E-state index contributed by atoms with van der Waals surface area (Å²) in [6.07, 6.45) is 61.5. The summed E-state index contributed by atoms with van der Waals surface area (Å²) in [5.74, 6) is -0.389. The van der Waals surface area contributed by atoms with Crippen molar-refractivity contribution in [2.75, 3.05) is 33.0 Å². The van der Waals surface area contributed by atoms with E-state index in [1.807, 2.05) is 0 Å². The lowest BCUT2D eigenvalue weighted by atomic mass is 10.0. The van der Waals surface area contributed by atoms with Gasteiger partial charge in [0.1, 0.15) is 12.2 Å². The standard InChI is InChI=1S/C54H97O9P/c1-3-5-7-9-11-13-15-17-19-21-23-25-26-27-28-30-32-34-36-38-40-42-44-46-54(57)63-53(51-62-64(58,59)61-49-52(56)48-55)50-60-47-45-43-41-39-37-35-33-31-29-24-22-20-18-16-14-12-10-8-6-4-2/h5,7,11-14,17-20,23,25,52-53,55-56H,3-4,6,8-10,15-16,21-22,24,26-51H2,1-2H3,(H,58,59)/b7-5-,13-11-,14-12-,19-17-,20-18-,25-23-. The number of allylic oxidation sites excluding steroid dienone is 12. The number of hydrogen-bond acceptors (Lipinski definition) is 8. The first kappa shape index (κ1) is 61.9. The van der Waals surface area contributed by atoms with Crippen LogP contribution in [0.25, 0.3) is 0 Å². The number of unbranched alkanes of at least 4 members (excludes halogenated alkanes) is 23. The molecule has 0 bridgehead atoms. The van der Waals surface area contributed by atoms with Gasteiger partial charge in [-0.3, -0.25) is 13.8 Å². The van der Waals surface area contributed by atoms with E-state index in [2.05, 4.69) is 86.8 Å². The maximum Gasteiger partial charge on any atom is 0.472 e. The van der Waals surface area contributed by atoms with Crippen LogP contribution in [0.3, 0.4) is 0 Å². The highest BCUT2D eigenvalue weighted by molar-refractivity contribution is 7.47. The molecule has 10 heteroatoms. The van der Waals surface area contributed by atoms with Gasteiger partial charge >= 0.3 is 13.8 Å². The molecule has 0 amide bonds. The van der Waals surface area contributed by atoms with Crippen LogP contribution in [0.4, 0.5) is 0 Å². The molecule has 0 aromatic heterocycles. The van der Waals surface area contributed by atoms with Gasteiger partial charge in [0.25, 0.3) is 0 Å². The van der Waals surface area contributed by atoms with Crippen molar-refractivity contribution in [3.8, 4) is 0 Å². The molecule has 3 atom stereocenters. The molecule has 0 rings (SSSR count). The summed E-state index contributed by atoms with van der Waals surface area (Å²) in [6, 6.07) is 0. The van der Waals surface area contributed by atoms with Crippen LogP contribution in [0.5, 0.6) is 0 Å². The number of carbonyl (C=O) groups is 1. The van der Waals surface area contributed by atoms with E-state index in [9.17, 15) is 19.4 Å². The second-order valence-electron chi connectivity index (χ2n) is 17.2. The van der Waals surface area contributed by atoms with E-state index >= 15 is 0 Å². The Kier molecular flexibility index (Phi) is 48.7. The minimum absolute atomic E-state index is 0.0431. The number of rotatable bonds is 49. The first-order valence-corrected chi connectivity index (χ1v) is 27.4. The molecule has 3 unspecified atom stereocenters. The highest BCUT2D eigenvalue weighted by atomic mass is 31.2. The van der Waals surface area contributed by atoms with Gasteiger partial charge < -0.3 is 24.6 Å². The molecular formula is C54H97O9P. The summed E-state index contributed by atoms with van der Waals surface area (Å²) < 4.78 is 33.5. The molecule has 3 N–H and O–H groups in total. The highest BCUT2D eigenvalue weighted by Gasteiger charge is 2.26. The summed E-state index contributed by atoms with van der Waals surface area (Å²) in [6.45, 7) is 3.39. The lowest BCUT2D eigenvalue weighted by molar-refractivity contribution is -0.154. The summed E-state index contributed by atoms with van der Waals surface area (Å²) in [7, 11) is -4.53. The second-order valence-corrected chi connectivity index (χ2v) is 18.6. The van der Waals surface area contributed by atoms with Gasteiger partial charge in [-0.2, -0.15) is 0 Å². The summed E-state index contributed by atoms with van der Waals surface area (Å²) >= 11 is 0. The van der Waals surface area contributed by atoms with E-state index in [0.29, 0.717) is 6.61 Å². The number of hydrogen-bond donors (Lipinski definition) is 3. The van der Waals surface area contributed by atoms with Crippen LogP contribution in [-0.2, 0) is 27.9 Å². The van der Waals surface area contributed by atoms with Crippen molar-refractivity contribution in [3.05, 3.63) is 72.9 Å². The Bertz CT molecular complexity index is 1230. The van der Waals surface area contributed by atoms with Gasteiger partial charge in [-0.25, -0.2) is 4.57 Å². The number of aliphatic hydroxyl groups excluding tert-OH is 2. The predicted molar refractivity (Wildman–Crippen MR) is 269 cm³/mol. The molecule has 0 radical (unpaired) electrons. The average molecular weight is 921 g/mol. The Balaban J connectivity index is 4.09. The zero-order chi connectivity index (χ0) is 46.7. The van der Waals surface area contributed by atoms with Gasteiger partial charge in [-0.05, 0) is 83.5 Å². The average Bonchev–Trinajstić information content (AvgIpc) is 3.29. The fourth-order valence-electron chi connectivity index (χ4n) is 6.97. The zero-order valence-corrected chi connectivity index (χ0v) is 41.9. The van der Waals surface area contributed by atoms with Gasteiger partial charge in [-0.1, -0.05) is 202 Å². The third kappa shape index (κ3) is 49.3. The molecule has 9 nitrogen and oxygen atoms in total. The Hall–Kier alpha value is -2.10. The van der Waals surface area contributed by atoms with Crippen LogP contribution in [-0.4, -0.2) is 66.3 Å². The Morgan fingerprint density at radius 2 is 0.891 bits per heavy atom. The van der Waals surface area contributed by atoms with Gasteiger partial charge in [0, 0.05) is 13.0 Å². The van der Waals surface area contributed by atoms with Crippen LogP contribution in [0.2, 0.25) is 0 Å². The van der Waals surface area contributed by atoms with Crippen LogP contribution in [0.15, 0.2) is 72.9 Å². The van der Waals surface area contributed by atoms with Crippen molar-refractivity contribution in [1.29, 1.82) is 0 Å². The fourth-order valence-corrected chi connectivity index (χ4v) is 7.76. The van der Waals surface area contributed by atoms with Gasteiger partial charge in [-0.15, -0.1) is 0 Å². The number of carbonyl (C=O) groups excluding carboxylic acids is 1. The van der Waals surface area contributed by atoms with Gasteiger partial charge in [0.05, 0.1) is 26.4 Å². The Morgan fingerprint density at radius 1 is 0.500 bits per heavy atom. The molecule has 64 heavy (non-hydrogen) atoms. The SMILES string of the molecule is CC/C=C\C/C=C\C/C=C\C/C=C\CCCCCCCCCCCCC(=O)OC(COCCCCCCCCCCCC/C=C\C/C=C\CCCCC)COP(=O)(O)OCC(O)CO. The minimum Gasteiger partial charge on any atom is -0.457 e. The fraction of sp³-hybridized carbons (Fsp3) is 0.759. The third-order valence-corrected chi connectivity index (χ3v) is 11.8. The van der Waals surface area contributed by atoms with E-state index < -0.39 is 33.2 Å². The van der Waals surface area contributed by atoms with Crippen LogP contribution < -0.4 is 0 Å². The zero-order valence-electron chi connectivity index (χ0n) is 41.0. The molecule has 0 fully saturated rings. The first-order valence-electron chi connectivity index (χ1n) is 25.9. The van der Waals surface area contributed by atoms with E-state index in [4.69, 9.17) is 23.6 Å². The van der Waals surface area contributed by atoms with Crippen LogP contribution >= 0.6 is 7.82 Å². The number of phosphoric acid groups is 1. The van der Waals surface area contributed by atoms with Crippen molar-refractivity contribution in [1.82, 2.24) is 0 Å². The maximum absolute atomic E-state index is 12.7. The summed E-state index contributed by atoms with van der Waals surface area (Å²) in [5.41, 5.74) is 0. The van der Waals surface area contributed by atoms with E-state index in [1.165, 1.54) is 116 Å². The van der Waals surface area contributed by atoms with Crippen molar-refractivity contribution in [2.24, 2.45) is 0 Å². The molecule has 0 saturated heterocycles. The monoisotopic (exact) mass is 921 g/mol. The van der Waals surface area contributed by atoms with Gasteiger partial charge in [0.15, 0.2) is 0 Å². The van der Waals surface area contributed by atoms with Crippen molar-refractivity contribution in [3.63, 3.8) is 0 Å². The number of esters is 1. The quantitative estimate of drug-likeness (QED) is 0.0236. The van der Waals surface area contributed by atoms with E-state index in [-0.39, 0.29) is 25.6 Å². The van der Waals surface area contributed by atoms with Crippen molar-refractivity contribution < 1.29 is 43.0 Å². The lowest BCUT2D eigenvalue weighted by Crippen LogP contribution is -2.29. The molecule has 372 valence electrons. The molecule has 0 aliphatic carbocycles. The maximum atomic E-state index is 12.7. The Labute approximate surface area is 392 Å². The number of phosphoric ester groups is 1. The number of aliphatic hydroxyl groups is 2. The van der Waals surface area contributed by atoms with Gasteiger partial charge in [0.2, 0.25) is 0 Å². The normalized spacial score (nSPS) is 14.4. The molecule has 0 aliphatic heterocycles. The second kappa shape index (κ2) is 50.3. The third-order valence-electron chi connectivity index (χ3n) is 10.9. The molecule has 0 aromatic carbocycles. The molecule has 0 saturated carbocycles.